The number of hydrogen-bond acceptors (Lipinski definition) is 2. The van der Waals surface area contributed by atoms with Crippen LogP contribution in [-0.4, -0.2) is 13.1 Å². The lowest BCUT2D eigenvalue weighted by Crippen LogP contribution is -2.25. The summed E-state index contributed by atoms with van der Waals surface area (Å²) in [6.07, 6.45) is 3.80. The third-order valence-electron chi connectivity index (χ3n) is 3.96. The molecule has 1 saturated heterocycles. The predicted molar refractivity (Wildman–Crippen MR) is 79.2 cm³/mol. The summed E-state index contributed by atoms with van der Waals surface area (Å²) in [5, 5.41) is 0.790. The van der Waals surface area contributed by atoms with Crippen LogP contribution in [0.5, 0.6) is 0 Å². The third-order valence-corrected chi connectivity index (χ3v) is 4.31. The molecule has 3 heteroatoms. The van der Waals surface area contributed by atoms with E-state index in [1.165, 1.54) is 24.9 Å². The highest BCUT2D eigenvalue weighted by Gasteiger charge is 2.23. The number of hydrogen-bond donors (Lipinski definition) is 1. The van der Waals surface area contributed by atoms with Crippen LogP contribution in [0.15, 0.2) is 18.2 Å². The van der Waals surface area contributed by atoms with Gasteiger partial charge in [-0.1, -0.05) is 31.5 Å². The molecule has 1 aliphatic heterocycles. The van der Waals surface area contributed by atoms with Crippen LogP contribution in [0.1, 0.15) is 38.7 Å². The Labute approximate surface area is 115 Å². The predicted octanol–water partition coefficient (Wildman–Crippen LogP) is 3.82. The summed E-state index contributed by atoms with van der Waals surface area (Å²) in [5.74, 6) is 0. The lowest BCUT2D eigenvalue weighted by molar-refractivity contribution is 0.325. The average molecular weight is 267 g/mol. The van der Waals surface area contributed by atoms with E-state index in [2.05, 4.69) is 30.9 Å². The molecule has 0 unspecified atom stereocenters. The molecule has 0 amide bonds. The van der Waals surface area contributed by atoms with Gasteiger partial charge < -0.3 is 10.6 Å². The lowest BCUT2D eigenvalue weighted by Gasteiger charge is -2.25. The van der Waals surface area contributed by atoms with Gasteiger partial charge in [0.1, 0.15) is 0 Å². The van der Waals surface area contributed by atoms with Gasteiger partial charge in [-0.05, 0) is 42.4 Å². The van der Waals surface area contributed by atoms with Gasteiger partial charge in [0.2, 0.25) is 0 Å². The number of nitrogens with zero attached hydrogens (tertiary/aromatic N) is 1. The first-order valence-corrected chi connectivity index (χ1v) is 7.13. The fraction of sp³-hybridized carbons (Fsp3) is 0.600. The molecule has 2 rings (SSSR count). The molecule has 2 nitrogen and oxygen atoms in total. The standard InChI is InChI=1S/C15H23ClN2/c1-15(2)6-3-8-18(9-7-15)13-5-4-12(11-17)14(16)10-13/h4-5,10H,3,6-9,11,17H2,1-2H3. The second-order valence-corrected chi connectivity index (χ2v) is 6.39. The Hall–Kier alpha value is -0.730. The number of halogens is 1. The Morgan fingerprint density at radius 2 is 2.06 bits per heavy atom. The molecule has 1 aromatic rings. The van der Waals surface area contributed by atoms with Gasteiger partial charge in [-0.3, -0.25) is 0 Å². The summed E-state index contributed by atoms with van der Waals surface area (Å²) < 4.78 is 0. The summed E-state index contributed by atoms with van der Waals surface area (Å²) in [4.78, 5) is 2.45. The van der Waals surface area contributed by atoms with Gasteiger partial charge >= 0.3 is 0 Å². The quantitative estimate of drug-likeness (QED) is 0.882. The number of nitrogens with two attached hydrogens (primary N) is 1. The van der Waals surface area contributed by atoms with Crippen molar-refractivity contribution < 1.29 is 0 Å². The zero-order valence-electron chi connectivity index (χ0n) is 11.4. The van der Waals surface area contributed by atoms with Gasteiger partial charge in [0.15, 0.2) is 0 Å². The largest absolute Gasteiger partial charge is 0.371 e. The smallest absolute Gasteiger partial charge is 0.0471 e. The molecule has 0 bridgehead atoms. The van der Waals surface area contributed by atoms with Crippen molar-refractivity contribution in [3.63, 3.8) is 0 Å². The molecule has 0 spiro atoms. The molecule has 2 N–H and O–H groups in total. The Morgan fingerprint density at radius 1 is 1.28 bits per heavy atom. The van der Waals surface area contributed by atoms with E-state index in [0.29, 0.717) is 12.0 Å². The monoisotopic (exact) mass is 266 g/mol. The van der Waals surface area contributed by atoms with Crippen molar-refractivity contribution in [1.29, 1.82) is 0 Å². The average Bonchev–Trinajstić information content (AvgIpc) is 2.50. The molecule has 100 valence electrons. The van der Waals surface area contributed by atoms with Gasteiger partial charge in [-0.2, -0.15) is 0 Å². The minimum Gasteiger partial charge on any atom is -0.371 e. The summed E-state index contributed by atoms with van der Waals surface area (Å²) >= 11 is 6.24. The van der Waals surface area contributed by atoms with Crippen LogP contribution in [0.2, 0.25) is 5.02 Å². The van der Waals surface area contributed by atoms with E-state index in [0.717, 1.165) is 23.7 Å². The van der Waals surface area contributed by atoms with Crippen LogP contribution in [0.4, 0.5) is 5.69 Å². The Kier molecular flexibility index (Phi) is 4.18. The van der Waals surface area contributed by atoms with Crippen LogP contribution >= 0.6 is 11.6 Å². The van der Waals surface area contributed by atoms with Crippen molar-refractivity contribution in [2.75, 3.05) is 18.0 Å². The van der Waals surface area contributed by atoms with Gasteiger partial charge in [0.25, 0.3) is 0 Å². The molecule has 0 radical (unpaired) electrons. The van der Waals surface area contributed by atoms with E-state index in [9.17, 15) is 0 Å². The highest BCUT2D eigenvalue weighted by Crippen LogP contribution is 2.32. The van der Waals surface area contributed by atoms with Crippen LogP contribution < -0.4 is 10.6 Å². The fourth-order valence-electron chi connectivity index (χ4n) is 2.58. The Bertz CT molecular complexity index is 415. The maximum absolute atomic E-state index is 6.24. The first-order valence-electron chi connectivity index (χ1n) is 6.75. The van der Waals surface area contributed by atoms with E-state index in [1.54, 1.807) is 0 Å². The minimum atomic E-state index is 0.468. The first kappa shape index (κ1) is 13.7. The maximum atomic E-state index is 6.24. The second-order valence-electron chi connectivity index (χ2n) is 5.98. The molecular formula is C15H23ClN2. The molecule has 1 heterocycles. The molecule has 0 aromatic heterocycles. The van der Waals surface area contributed by atoms with Crippen molar-refractivity contribution in [2.45, 2.75) is 39.7 Å². The van der Waals surface area contributed by atoms with Crippen molar-refractivity contribution in [3.05, 3.63) is 28.8 Å². The van der Waals surface area contributed by atoms with Crippen molar-refractivity contribution in [1.82, 2.24) is 0 Å². The number of anilines is 1. The van der Waals surface area contributed by atoms with Gasteiger partial charge in [-0.15, -0.1) is 0 Å². The van der Waals surface area contributed by atoms with E-state index in [1.807, 2.05) is 6.07 Å². The zero-order chi connectivity index (χ0) is 13.2. The molecular weight excluding hydrogens is 244 g/mol. The number of rotatable bonds is 2. The highest BCUT2D eigenvalue weighted by atomic mass is 35.5. The molecule has 0 atom stereocenters. The summed E-state index contributed by atoms with van der Waals surface area (Å²) in [6.45, 7) is 7.47. The van der Waals surface area contributed by atoms with Gasteiger partial charge in [0.05, 0.1) is 0 Å². The summed E-state index contributed by atoms with van der Waals surface area (Å²) in [5.41, 5.74) is 8.36. The molecule has 1 aliphatic rings. The molecule has 1 aromatic carbocycles. The van der Waals surface area contributed by atoms with Crippen LogP contribution in [0, 0.1) is 5.41 Å². The van der Waals surface area contributed by atoms with Crippen molar-refractivity contribution in [3.8, 4) is 0 Å². The van der Waals surface area contributed by atoms with Gasteiger partial charge in [0, 0.05) is 30.3 Å². The number of benzene rings is 1. The maximum Gasteiger partial charge on any atom is 0.0471 e. The van der Waals surface area contributed by atoms with Gasteiger partial charge in [-0.25, -0.2) is 0 Å². The highest BCUT2D eigenvalue weighted by molar-refractivity contribution is 6.31. The van der Waals surface area contributed by atoms with Crippen LogP contribution in [-0.2, 0) is 6.54 Å². The molecule has 18 heavy (non-hydrogen) atoms. The fourth-order valence-corrected chi connectivity index (χ4v) is 2.83. The first-order chi connectivity index (χ1) is 8.52. The Morgan fingerprint density at radius 3 is 2.72 bits per heavy atom. The van der Waals surface area contributed by atoms with Crippen LogP contribution in [0.3, 0.4) is 0 Å². The van der Waals surface area contributed by atoms with Crippen LogP contribution in [0.25, 0.3) is 0 Å². The van der Waals surface area contributed by atoms with E-state index < -0.39 is 0 Å². The molecule has 0 aliphatic carbocycles. The molecule has 0 saturated carbocycles. The summed E-state index contributed by atoms with van der Waals surface area (Å²) in [7, 11) is 0. The lowest BCUT2D eigenvalue weighted by atomic mass is 9.85. The van der Waals surface area contributed by atoms with Crippen molar-refractivity contribution >= 4 is 17.3 Å². The van der Waals surface area contributed by atoms with E-state index >= 15 is 0 Å². The van der Waals surface area contributed by atoms with E-state index in [-0.39, 0.29) is 0 Å². The third kappa shape index (κ3) is 3.18. The second kappa shape index (κ2) is 5.50. The topological polar surface area (TPSA) is 29.3 Å². The SMILES string of the molecule is CC1(C)CCCN(c2ccc(CN)c(Cl)c2)CC1. The molecule has 1 fully saturated rings. The van der Waals surface area contributed by atoms with Crippen molar-refractivity contribution in [2.24, 2.45) is 11.1 Å². The minimum absolute atomic E-state index is 0.468. The van der Waals surface area contributed by atoms with E-state index in [4.69, 9.17) is 17.3 Å². The Balaban J connectivity index is 2.14. The zero-order valence-corrected chi connectivity index (χ0v) is 12.1. The normalized spacial score (nSPS) is 19.7. The summed E-state index contributed by atoms with van der Waals surface area (Å²) in [6, 6.07) is 6.25.